The van der Waals surface area contributed by atoms with E-state index in [-0.39, 0.29) is 10.8 Å². The minimum absolute atomic E-state index is 0.209. The summed E-state index contributed by atoms with van der Waals surface area (Å²) in [6, 6.07) is 149. The molecule has 0 saturated heterocycles. The van der Waals surface area contributed by atoms with E-state index in [0.717, 1.165) is 94.5 Å². The van der Waals surface area contributed by atoms with Crippen molar-refractivity contribution in [1.29, 1.82) is 0 Å². The molecule has 7 heteroatoms. The van der Waals surface area contributed by atoms with Gasteiger partial charge in [-0.1, -0.05) is 404 Å². The van der Waals surface area contributed by atoms with Crippen molar-refractivity contribution in [1.82, 2.24) is 34.9 Å². The van der Waals surface area contributed by atoms with Crippen molar-refractivity contribution < 1.29 is 0 Å². The third kappa shape index (κ3) is 13.2. The van der Waals surface area contributed by atoms with Gasteiger partial charge in [0.05, 0.1) is 33.8 Å². The molecule has 592 valence electrons. The van der Waals surface area contributed by atoms with Gasteiger partial charge in [0, 0.05) is 66.1 Å². The fourth-order valence-corrected chi connectivity index (χ4v) is 19.5. The predicted molar refractivity (Wildman–Crippen MR) is 523 cm³/mol. The van der Waals surface area contributed by atoms with E-state index < -0.39 is 0 Å². The number of rotatable bonds is 12. The summed E-state index contributed by atoms with van der Waals surface area (Å²) in [7, 11) is 0. The number of hydrogen-bond acceptors (Lipinski definition) is 7. The molecule has 2 aliphatic carbocycles. The molecule has 18 aromatic carbocycles. The maximum Gasteiger partial charge on any atom is 0.164 e. The smallest absolute Gasteiger partial charge is 0.164 e. The van der Waals surface area contributed by atoms with Crippen molar-refractivity contribution in [2.45, 2.75) is 38.5 Å². The van der Waals surface area contributed by atoms with Crippen LogP contribution in [0.1, 0.15) is 49.9 Å². The van der Waals surface area contributed by atoms with E-state index >= 15 is 0 Å². The van der Waals surface area contributed by atoms with Crippen molar-refractivity contribution in [3.63, 3.8) is 0 Å². The van der Waals surface area contributed by atoms with Gasteiger partial charge in [-0.05, 0) is 175 Å². The summed E-state index contributed by atoms with van der Waals surface area (Å²) in [6.45, 7) is 9.40. The summed E-state index contributed by atoms with van der Waals surface area (Å²) in [5.74, 6) is 2.63. The minimum atomic E-state index is -0.213. The lowest BCUT2D eigenvalue weighted by Gasteiger charge is -2.25. The summed E-state index contributed by atoms with van der Waals surface area (Å²) in [6.07, 6.45) is 0. The van der Waals surface area contributed by atoms with Gasteiger partial charge in [0.1, 0.15) is 0 Å². The Kier molecular flexibility index (Phi) is 18.1. The molecule has 4 heterocycles. The molecular formula is C119H81N7. The van der Waals surface area contributed by atoms with Gasteiger partial charge in [-0.15, -0.1) is 0 Å². The van der Waals surface area contributed by atoms with Gasteiger partial charge in [0.2, 0.25) is 0 Å². The van der Waals surface area contributed by atoms with Gasteiger partial charge in [0.25, 0.3) is 0 Å². The van der Waals surface area contributed by atoms with Gasteiger partial charge in [-0.2, -0.15) is 0 Å². The van der Waals surface area contributed by atoms with Crippen LogP contribution in [-0.2, 0) is 10.8 Å². The lowest BCUT2D eigenvalue weighted by molar-refractivity contribution is 0.661. The van der Waals surface area contributed by atoms with Crippen LogP contribution in [0.15, 0.2) is 419 Å². The maximum absolute atomic E-state index is 5.39. The highest BCUT2D eigenvalue weighted by Gasteiger charge is 2.42. The minimum Gasteiger partial charge on any atom is -0.247 e. The number of hydrogen-bond donors (Lipinski definition) is 0. The fourth-order valence-electron chi connectivity index (χ4n) is 19.5. The quantitative estimate of drug-likeness (QED) is 0.113. The molecule has 0 fully saturated rings. The number of fused-ring (bicyclic) bond motifs is 14. The largest absolute Gasteiger partial charge is 0.247 e. The molecule has 0 radical (unpaired) electrons. The number of nitrogens with zero attached hydrogens (tertiary/aromatic N) is 7. The molecule has 2 aliphatic rings. The van der Waals surface area contributed by atoms with Crippen LogP contribution in [0, 0.1) is 0 Å². The molecule has 0 bridgehead atoms. The molecule has 0 amide bonds. The van der Waals surface area contributed by atoms with Crippen molar-refractivity contribution in [3.8, 4) is 157 Å². The van der Waals surface area contributed by atoms with Gasteiger partial charge >= 0.3 is 0 Å². The number of pyridine rings is 2. The standard InChI is InChI=1S/C60H41N3.C59H40N4/c1-60(2)51-20-12-11-19-50(51)58-57(60)55(56-49-18-10-9-15-41(49)33-34-52(56)61-58)44-27-23-40(24-28-44)45-29-30-47-36-48(32-31-46(47)35-45)59-62-53(42-16-7-4-8-17-42)37-54(63-59)43-25-21-39(22-26-43)38-13-5-3-6-14-38;1-59(2)50-20-12-11-19-49(50)55-54(59)52(53-48-18-10-9-15-40(48)33-34-51(53)60-55)41-25-21-39(22-26-41)44-29-30-46-36-47(32-31-45(46)35-44)58-62-56(42-16-7-4-8-17-42)61-57(63-58)43-27-23-38(24-28-43)37-13-5-3-6-14-37/h3-37H,1-2H3;3-36H,1-2H3. The van der Waals surface area contributed by atoms with Gasteiger partial charge < -0.3 is 0 Å². The molecule has 0 N–H and O–H groups in total. The summed E-state index contributed by atoms with van der Waals surface area (Å²) >= 11 is 0. The topological polar surface area (TPSA) is 90.2 Å². The van der Waals surface area contributed by atoms with Gasteiger partial charge in [0.15, 0.2) is 23.3 Å². The second-order valence-electron chi connectivity index (χ2n) is 34.2. The van der Waals surface area contributed by atoms with Gasteiger partial charge in [-0.25, -0.2) is 34.9 Å². The highest BCUT2D eigenvalue weighted by atomic mass is 15.0. The third-order valence-corrected chi connectivity index (χ3v) is 25.9. The van der Waals surface area contributed by atoms with Crippen LogP contribution in [-0.4, -0.2) is 34.9 Å². The Balaban J connectivity index is 0.000000145. The number of aromatic nitrogens is 7. The normalized spacial score (nSPS) is 12.7. The first-order chi connectivity index (χ1) is 61.9. The molecule has 22 aromatic rings. The summed E-state index contributed by atoms with van der Waals surface area (Å²) in [4.78, 5) is 36.1. The molecule has 4 aromatic heterocycles. The first kappa shape index (κ1) is 74.9. The summed E-state index contributed by atoms with van der Waals surface area (Å²) in [5, 5.41) is 11.9. The van der Waals surface area contributed by atoms with E-state index in [9.17, 15) is 0 Å². The van der Waals surface area contributed by atoms with Crippen molar-refractivity contribution >= 4 is 64.9 Å². The average molecular weight is 1610 g/mol. The zero-order chi connectivity index (χ0) is 84.1. The Morgan fingerprint density at radius 2 is 0.452 bits per heavy atom. The van der Waals surface area contributed by atoms with Crippen LogP contribution in [0.25, 0.3) is 222 Å². The zero-order valence-corrected chi connectivity index (χ0v) is 70.0. The Morgan fingerprint density at radius 3 is 0.873 bits per heavy atom. The monoisotopic (exact) mass is 1610 g/mol. The van der Waals surface area contributed by atoms with E-state index in [1.807, 2.05) is 48.5 Å². The molecule has 0 spiro atoms. The van der Waals surface area contributed by atoms with E-state index in [0.29, 0.717) is 23.3 Å². The highest BCUT2D eigenvalue weighted by Crippen LogP contribution is 2.57. The fraction of sp³-hybridized carbons (Fsp3) is 0.0504. The summed E-state index contributed by atoms with van der Waals surface area (Å²) < 4.78 is 0. The van der Waals surface area contributed by atoms with Crippen LogP contribution in [0.5, 0.6) is 0 Å². The molecular weight excluding hydrogens is 1530 g/mol. The van der Waals surface area contributed by atoms with Crippen molar-refractivity contribution in [2.75, 3.05) is 0 Å². The summed E-state index contributed by atoms with van der Waals surface area (Å²) in [5.41, 5.74) is 33.5. The van der Waals surface area contributed by atoms with Gasteiger partial charge in [-0.3, -0.25) is 0 Å². The number of benzene rings is 18. The SMILES string of the molecule is CC1(C)c2ccccc2-c2nc3ccc4ccccc4c3c(-c3ccc(-c4ccc5cc(-c6nc(-c7ccccc7)cc(-c7ccc(-c8ccccc8)cc7)n6)ccc5c4)cc3)c21.CC1(C)c2ccccc2-c2nc3ccc4ccccc4c3c(-c3ccc(-c4ccc5cc(-c6nc(-c7ccccc7)nc(-c7ccc(-c8ccccc8)cc7)n6)ccc5c4)cc3)c21. The van der Waals surface area contributed by atoms with Crippen LogP contribution in [0.2, 0.25) is 0 Å². The Hall–Kier alpha value is -16.1. The van der Waals surface area contributed by atoms with Crippen LogP contribution in [0.4, 0.5) is 0 Å². The molecule has 0 aliphatic heterocycles. The molecule has 24 rings (SSSR count). The zero-order valence-electron chi connectivity index (χ0n) is 70.0. The van der Waals surface area contributed by atoms with E-state index in [2.05, 4.69) is 398 Å². The molecule has 0 saturated carbocycles. The average Bonchev–Trinajstić information content (AvgIpc) is 1.54. The van der Waals surface area contributed by atoms with Crippen LogP contribution < -0.4 is 0 Å². The third-order valence-electron chi connectivity index (χ3n) is 25.9. The highest BCUT2D eigenvalue weighted by molar-refractivity contribution is 6.18. The Labute approximate surface area is 731 Å². The Morgan fingerprint density at radius 1 is 0.183 bits per heavy atom. The Bertz CT molecular complexity index is 7590. The molecule has 126 heavy (non-hydrogen) atoms. The van der Waals surface area contributed by atoms with E-state index in [1.165, 1.54) is 127 Å². The first-order valence-electron chi connectivity index (χ1n) is 43.2. The first-order valence-corrected chi connectivity index (χ1v) is 43.2. The second kappa shape index (κ2) is 30.5. The lowest BCUT2D eigenvalue weighted by atomic mass is 9.78. The van der Waals surface area contributed by atoms with Crippen LogP contribution in [0.3, 0.4) is 0 Å². The second-order valence-corrected chi connectivity index (χ2v) is 34.2. The van der Waals surface area contributed by atoms with Crippen molar-refractivity contribution in [2.24, 2.45) is 0 Å². The van der Waals surface area contributed by atoms with E-state index in [1.54, 1.807) is 0 Å². The molecule has 0 unspecified atom stereocenters. The van der Waals surface area contributed by atoms with E-state index in [4.69, 9.17) is 34.9 Å². The molecule has 7 nitrogen and oxygen atoms in total. The molecule has 0 atom stereocenters. The maximum atomic E-state index is 5.39. The van der Waals surface area contributed by atoms with Crippen LogP contribution >= 0.6 is 0 Å². The predicted octanol–water partition coefficient (Wildman–Crippen LogP) is 30.7. The lowest BCUT2D eigenvalue weighted by Crippen LogP contribution is -2.16. The van der Waals surface area contributed by atoms with Crippen molar-refractivity contribution in [3.05, 3.63) is 441 Å².